The second-order valence-corrected chi connectivity index (χ2v) is 4.51. The SMILES string of the molecule is CC(=O)OCC1O[C@@H](O)C(OC(C)=O)C(O)[C@@H]1OC(C)=O. The van der Waals surface area contributed by atoms with Crippen LogP contribution in [0.25, 0.3) is 0 Å². The number of aliphatic hydroxyl groups excluding tert-OH is 2. The van der Waals surface area contributed by atoms with Crippen molar-refractivity contribution in [2.45, 2.75) is 51.5 Å². The van der Waals surface area contributed by atoms with E-state index in [1.54, 1.807) is 0 Å². The van der Waals surface area contributed by atoms with E-state index in [-0.39, 0.29) is 6.61 Å². The Labute approximate surface area is 120 Å². The lowest BCUT2D eigenvalue weighted by molar-refractivity contribution is -0.293. The minimum atomic E-state index is -1.64. The average Bonchev–Trinajstić information content (AvgIpc) is 2.35. The number of hydrogen-bond acceptors (Lipinski definition) is 9. The number of aliphatic hydroxyl groups is 2. The van der Waals surface area contributed by atoms with Gasteiger partial charge in [-0.2, -0.15) is 0 Å². The number of esters is 3. The summed E-state index contributed by atoms with van der Waals surface area (Å²) in [5.41, 5.74) is 0. The van der Waals surface area contributed by atoms with E-state index in [4.69, 9.17) is 18.9 Å². The highest BCUT2D eigenvalue weighted by molar-refractivity contribution is 5.67. The summed E-state index contributed by atoms with van der Waals surface area (Å²) in [6, 6.07) is 0. The predicted molar refractivity (Wildman–Crippen MR) is 64.6 cm³/mol. The monoisotopic (exact) mass is 306 g/mol. The van der Waals surface area contributed by atoms with Gasteiger partial charge in [0.2, 0.25) is 0 Å². The predicted octanol–water partition coefficient (Wildman–Crippen LogP) is -1.51. The first kappa shape index (κ1) is 17.3. The second-order valence-electron chi connectivity index (χ2n) is 4.51. The Morgan fingerprint density at radius 2 is 1.48 bits per heavy atom. The van der Waals surface area contributed by atoms with Gasteiger partial charge in [0, 0.05) is 20.8 Å². The van der Waals surface area contributed by atoms with Crippen LogP contribution in [0.1, 0.15) is 20.8 Å². The van der Waals surface area contributed by atoms with Crippen molar-refractivity contribution in [3.05, 3.63) is 0 Å². The third-order valence-electron chi connectivity index (χ3n) is 2.69. The molecular weight excluding hydrogens is 288 g/mol. The molecule has 1 heterocycles. The molecule has 0 aliphatic carbocycles. The van der Waals surface area contributed by atoms with Crippen LogP contribution in [0.5, 0.6) is 0 Å². The molecule has 1 fully saturated rings. The number of rotatable bonds is 4. The van der Waals surface area contributed by atoms with Crippen molar-refractivity contribution < 1.29 is 43.5 Å². The quantitative estimate of drug-likeness (QED) is 0.470. The van der Waals surface area contributed by atoms with Crippen LogP contribution in [0.2, 0.25) is 0 Å². The summed E-state index contributed by atoms with van der Waals surface area (Å²) >= 11 is 0. The van der Waals surface area contributed by atoms with E-state index in [1.807, 2.05) is 0 Å². The lowest BCUT2D eigenvalue weighted by Crippen LogP contribution is -2.61. The summed E-state index contributed by atoms with van der Waals surface area (Å²) in [6.07, 6.45) is -6.93. The van der Waals surface area contributed by atoms with E-state index in [0.717, 1.165) is 20.8 Å². The van der Waals surface area contributed by atoms with Gasteiger partial charge in [0.05, 0.1) is 0 Å². The smallest absolute Gasteiger partial charge is 0.303 e. The van der Waals surface area contributed by atoms with E-state index in [0.29, 0.717) is 0 Å². The lowest BCUT2D eigenvalue weighted by atomic mass is 9.99. The lowest BCUT2D eigenvalue weighted by Gasteiger charge is -2.41. The third-order valence-corrected chi connectivity index (χ3v) is 2.69. The maximum atomic E-state index is 11.1. The van der Waals surface area contributed by atoms with Crippen molar-refractivity contribution in [1.29, 1.82) is 0 Å². The molecule has 1 aliphatic rings. The van der Waals surface area contributed by atoms with Crippen molar-refractivity contribution >= 4 is 17.9 Å². The average molecular weight is 306 g/mol. The molecule has 1 rings (SSSR count). The van der Waals surface area contributed by atoms with E-state index < -0.39 is 48.6 Å². The van der Waals surface area contributed by atoms with Gasteiger partial charge in [0.15, 0.2) is 18.5 Å². The molecule has 0 aromatic heterocycles. The number of hydrogen-bond donors (Lipinski definition) is 2. The summed E-state index contributed by atoms with van der Waals surface area (Å²) in [6.45, 7) is 3.03. The Hall–Kier alpha value is -1.71. The van der Waals surface area contributed by atoms with Crippen LogP contribution in [0, 0.1) is 0 Å². The van der Waals surface area contributed by atoms with Crippen molar-refractivity contribution in [1.82, 2.24) is 0 Å². The van der Waals surface area contributed by atoms with E-state index in [2.05, 4.69) is 0 Å². The number of carbonyl (C=O) groups excluding carboxylic acids is 3. The van der Waals surface area contributed by atoms with E-state index in [9.17, 15) is 24.6 Å². The highest BCUT2D eigenvalue weighted by atomic mass is 16.7. The van der Waals surface area contributed by atoms with Gasteiger partial charge in [-0.15, -0.1) is 0 Å². The summed E-state index contributed by atoms with van der Waals surface area (Å²) in [5.74, 6) is -2.07. The fourth-order valence-electron chi connectivity index (χ4n) is 1.90. The zero-order valence-corrected chi connectivity index (χ0v) is 11.8. The Kier molecular flexibility index (Phi) is 6.06. The molecule has 120 valence electrons. The van der Waals surface area contributed by atoms with Crippen LogP contribution in [-0.2, 0) is 33.3 Å². The molecule has 0 radical (unpaired) electrons. The summed E-state index contributed by atoms with van der Waals surface area (Å²) in [5, 5.41) is 19.8. The van der Waals surface area contributed by atoms with Gasteiger partial charge in [-0.25, -0.2) is 0 Å². The maximum absolute atomic E-state index is 11.1. The van der Waals surface area contributed by atoms with Gasteiger partial charge in [-0.05, 0) is 0 Å². The van der Waals surface area contributed by atoms with Crippen LogP contribution < -0.4 is 0 Å². The van der Waals surface area contributed by atoms with Crippen molar-refractivity contribution in [3.63, 3.8) is 0 Å². The summed E-state index contributed by atoms with van der Waals surface area (Å²) in [7, 11) is 0. The van der Waals surface area contributed by atoms with E-state index in [1.165, 1.54) is 0 Å². The van der Waals surface area contributed by atoms with Crippen molar-refractivity contribution in [2.24, 2.45) is 0 Å². The van der Waals surface area contributed by atoms with Gasteiger partial charge >= 0.3 is 17.9 Å². The van der Waals surface area contributed by atoms with Crippen LogP contribution >= 0.6 is 0 Å². The zero-order chi connectivity index (χ0) is 16.2. The van der Waals surface area contributed by atoms with Crippen LogP contribution in [0.15, 0.2) is 0 Å². The van der Waals surface area contributed by atoms with Gasteiger partial charge < -0.3 is 29.2 Å². The fraction of sp³-hybridized carbons (Fsp3) is 0.750. The molecular formula is C12H18O9. The number of ether oxygens (including phenoxy) is 4. The standard InChI is InChI=1S/C12H18O9/c1-5(13)18-4-8-10(19-6(2)14)9(16)11(12(17)21-8)20-7(3)15/h8-12,16-17H,4H2,1-3H3/t8?,9?,10-,11?,12-/m1/s1. The molecule has 21 heavy (non-hydrogen) atoms. The molecule has 9 nitrogen and oxygen atoms in total. The largest absolute Gasteiger partial charge is 0.463 e. The minimum absolute atomic E-state index is 0.339. The zero-order valence-electron chi connectivity index (χ0n) is 11.8. The Morgan fingerprint density at radius 1 is 0.952 bits per heavy atom. The van der Waals surface area contributed by atoms with Gasteiger partial charge in [0.1, 0.15) is 18.8 Å². The topological polar surface area (TPSA) is 129 Å². The van der Waals surface area contributed by atoms with Gasteiger partial charge in [0.25, 0.3) is 0 Å². The maximum Gasteiger partial charge on any atom is 0.303 e. The molecule has 1 saturated heterocycles. The Balaban J connectivity index is 2.86. The summed E-state index contributed by atoms with van der Waals surface area (Å²) in [4.78, 5) is 32.8. The summed E-state index contributed by atoms with van der Waals surface area (Å²) < 4.78 is 19.5. The molecule has 2 N–H and O–H groups in total. The first-order valence-electron chi connectivity index (χ1n) is 6.21. The highest BCUT2D eigenvalue weighted by Gasteiger charge is 2.48. The molecule has 0 aromatic rings. The van der Waals surface area contributed by atoms with Crippen LogP contribution in [-0.4, -0.2) is 65.4 Å². The van der Waals surface area contributed by atoms with Gasteiger partial charge in [-0.1, -0.05) is 0 Å². The first-order valence-corrected chi connectivity index (χ1v) is 6.21. The van der Waals surface area contributed by atoms with Gasteiger partial charge in [-0.3, -0.25) is 14.4 Å². The normalized spacial score (nSPS) is 32.1. The molecule has 0 saturated carbocycles. The second kappa shape index (κ2) is 7.34. The molecule has 0 aromatic carbocycles. The highest BCUT2D eigenvalue weighted by Crippen LogP contribution is 2.25. The third kappa shape index (κ3) is 4.96. The van der Waals surface area contributed by atoms with E-state index >= 15 is 0 Å². The molecule has 0 bridgehead atoms. The molecule has 3 unspecified atom stereocenters. The molecule has 1 aliphatic heterocycles. The van der Waals surface area contributed by atoms with Crippen molar-refractivity contribution in [3.8, 4) is 0 Å². The molecule has 0 amide bonds. The van der Waals surface area contributed by atoms with Crippen molar-refractivity contribution in [2.75, 3.05) is 6.61 Å². The number of carbonyl (C=O) groups is 3. The first-order chi connectivity index (χ1) is 9.72. The fourth-order valence-corrected chi connectivity index (χ4v) is 1.90. The molecule has 5 atom stereocenters. The molecule has 0 spiro atoms. The Morgan fingerprint density at radius 3 is 1.95 bits per heavy atom. The minimum Gasteiger partial charge on any atom is -0.463 e. The Bertz CT molecular complexity index is 406. The van der Waals surface area contributed by atoms with Crippen LogP contribution in [0.4, 0.5) is 0 Å². The van der Waals surface area contributed by atoms with Crippen LogP contribution in [0.3, 0.4) is 0 Å². The molecule has 9 heteroatoms.